The van der Waals surface area contributed by atoms with Gasteiger partial charge in [0.2, 0.25) is 10.0 Å². The van der Waals surface area contributed by atoms with Crippen molar-refractivity contribution < 1.29 is 22.7 Å². The van der Waals surface area contributed by atoms with Gasteiger partial charge in [-0.1, -0.05) is 25.4 Å². The van der Waals surface area contributed by atoms with Crippen LogP contribution in [0.2, 0.25) is 5.02 Å². The van der Waals surface area contributed by atoms with E-state index in [0.29, 0.717) is 26.3 Å². The molecule has 1 aromatic rings. The molecule has 2 amide bonds. The highest BCUT2D eigenvalue weighted by atomic mass is 35.5. The van der Waals surface area contributed by atoms with Gasteiger partial charge in [-0.05, 0) is 31.0 Å². The lowest BCUT2D eigenvalue weighted by Crippen LogP contribution is -2.41. The Hall–Kier alpha value is -1.68. The van der Waals surface area contributed by atoms with Crippen LogP contribution in [-0.2, 0) is 24.3 Å². The molecule has 0 bridgehead atoms. The van der Waals surface area contributed by atoms with Crippen LogP contribution in [0.1, 0.15) is 26.7 Å². The number of halogens is 1. The number of rotatable bonds is 7. The van der Waals surface area contributed by atoms with Crippen molar-refractivity contribution in [3.8, 4) is 0 Å². The number of sulfonamides is 1. The lowest BCUT2D eigenvalue weighted by molar-refractivity contribution is -0.143. The third-order valence-corrected chi connectivity index (χ3v) is 6.49. The van der Waals surface area contributed by atoms with Crippen molar-refractivity contribution in [3.05, 3.63) is 23.2 Å². The summed E-state index contributed by atoms with van der Waals surface area (Å²) in [6, 6.07) is 4.05. The molecule has 1 fully saturated rings. The van der Waals surface area contributed by atoms with Crippen LogP contribution in [0.25, 0.3) is 0 Å². The molecule has 156 valence electrons. The fourth-order valence-electron chi connectivity index (χ4n) is 2.87. The summed E-state index contributed by atoms with van der Waals surface area (Å²) in [5, 5.41) is 2.61. The maximum absolute atomic E-state index is 12.8. The van der Waals surface area contributed by atoms with Crippen molar-refractivity contribution in [1.82, 2.24) is 9.21 Å². The highest BCUT2D eigenvalue weighted by Crippen LogP contribution is 2.27. The fraction of sp³-hybridized carbons (Fsp3) is 0.556. The van der Waals surface area contributed by atoms with Gasteiger partial charge in [-0.25, -0.2) is 8.42 Å². The van der Waals surface area contributed by atoms with E-state index >= 15 is 0 Å². The lowest BCUT2D eigenvalue weighted by atomic mass is 10.3. The molecule has 8 nitrogen and oxygen atoms in total. The first-order valence-corrected chi connectivity index (χ1v) is 11.1. The van der Waals surface area contributed by atoms with Crippen molar-refractivity contribution in [1.29, 1.82) is 0 Å². The first-order valence-electron chi connectivity index (χ1n) is 9.29. The first kappa shape index (κ1) is 22.6. The largest absolute Gasteiger partial charge is 0.379 e. The highest BCUT2D eigenvalue weighted by Gasteiger charge is 2.28. The molecule has 0 unspecified atom stereocenters. The van der Waals surface area contributed by atoms with E-state index in [0.717, 1.165) is 12.8 Å². The Morgan fingerprint density at radius 3 is 2.36 bits per heavy atom. The van der Waals surface area contributed by atoms with Crippen LogP contribution in [0.5, 0.6) is 0 Å². The van der Waals surface area contributed by atoms with Gasteiger partial charge in [0.1, 0.15) is 0 Å². The van der Waals surface area contributed by atoms with E-state index in [4.69, 9.17) is 16.3 Å². The summed E-state index contributed by atoms with van der Waals surface area (Å²) >= 11 is 6.11. The number of amides is 2. The Bertz CT molecular complexity index is 803. The minimum absolute atomic E-state index is 0.000483. The third-order valence-electron chi connectivity index (χ3n) is 4.26. The SMILES string of the molecule is CCCN(CCC)C(=O)C(=O)Nc1cc(S(=O)(=O)N2CCOCC2)ccc1Cl. The van der Waals surface area contributed by atoms with E-state index < -0.39 is 21.8 Å². The van der Waals surface area contributed by atoms with Crippen LogP contribution in [-0.4, -0.2) is 68.8 Å². The van der Waals surface area contributed by atoms with Crippen LogP contribution in [0.15, 0.2) is 23.1 Å². The number of carbonyl (C=O) groups excluding carboxylic acids is 2. The molecule has 1 aliphatic heterocycles. The molecular weight excluding hydrogens is 406 g/mol. The Labute approximate surface area is 170 Å². The summed E-state index contributed by atoms with van der Waals surface area (Å²) in [6.45, 7) is 5.96. The molecule has 2 rings (SSSR count). The highest BCUT2D eigenvalue weighted by molar-refractivity contribution is 7.89. The molecule has 0 spiro atoms. The van der Waals surface area contributed by atoms with Gasteiger partial charge in [0.05, 0.1) is 28.8 Å². The molecular formula is C18H26ClN3O5S. The number of morpholine rings is 1. The minimum atomic E-state index is -3.74. The molecule has 1 aliphatic rings. The zero-order valence-electron chi connectivity index (χ0n) is 16.1. The Kier molecular flexibility index (Phi) is 8.23. The molecule has 1 aromatic carbocycles. The number of nitrogens with zero attached hydrogens (tertiary/aromatic N) is 2. The standard InChI is InChI=1S/C18H26ClN3O5S/c1-3-7-21(8-4-2)18(24)17(23)20-16-13-14(5-6-15(16)19)28(25,26)22-9-11-27-12-10-22/h5-6,13H,3-4,7-12H2,1-2H3,(H,20,23). The number of hydrogen-bond acceptors (Lipinski definition) is 5. The van der Waals surface area contributed by atoms with Gasteiger partial charge in [-0.3, -0.25) is 9.59 Å². The second kappa shape index (κ2) is 10.2. The summed E-state index contributed by atoms with van der Waals surface area (Å²) in [6.07, 6.45) is 1.46. The second-order valence-electron chi connectivity index (χ2n) is 6.40. The van der Waals surface area contributed by atoms with Gasteiger partial charge in [-0.15, -0.1) is 0 Å². The summed E-state index contributed by atoms with van der Waals surface area (Å²) in [5.41, 5.74) is 0.0855. The maximum atomic E-state index is 12.8. The molecule has 0 atom stereocenters. The van der Waals surface area contributed by atoms with Gasteiger partial charge >= 0.3 is 11.8 Å². The summed E-state index contributed by atoms with van der Waals surface area (Å²) in [5.74, 6) is -1.51. The van der Waals surface area contributed by atoms with Crippen molar-refractivity contribution in [2.24, 2.45) is 0 Å². The predicted octanol–water partition coefficient (Wildman–Crippen LogP) is 1.95. The van der Waals surface area contributed by atoms with Crippen LogP contribution in [0, 0.1) is 0 Å². The van der Waals surface area contributed by atoms with E-state index in [1.54, 1.807) is 0 Å². The van der Waals surface area contributed by atoms with Crippen LogP contribution >= 0.6 is 11.6 Å². The van der Waals surface area contributed by atoms with Gasteiger partial charge in [0.25, 0.3) is 0 Å². The maximum Gasteiger partial charge on any atom is 0.313 e. The third kappa shape index (κ3) is 5.44. The molecule has 0 saturated carbocycles. The van der Waals surface area contributed by atoms with E-state index in [9.17, 15) is 18.0 Å². The Morgan fingerprint density at radius 1 is 1.18 bits per heavy atom. The normalized spacial score (nSPS) is 15.2. The number of ether oxygens (including phenoxy) is 1. The fourth-order valence-corrected chi connectivity index (χ4v) is 4.47. The number of carbonyl (C=O) groups is 2. The molecule has 10 heteroatoms. The van der Waals surface area contributed by atoms with Crippen molar-refractivity contribution in [2.75, 3.05) is 44.7 Å². The quantitative estimate of drug-likeness (QED) is 0.665. The van der Waals surface area contributed by atoms with Crippen molar-refractivity contribution in [3.63, 3.8) is 0 Å². The average molecular weight is 432 g/mol. The zero-order chi connectivity index (χ0) is 20.7. The lowest BCUT2D eigenvalue weighted by Gasteiger charge is -2.26. The van der Waals surface area contributed by atoms with Gasteiger partial charge in [0, 0.05) is 26.2 Å². The molecule has 28 heavy (non-hydrogen) atoms. The van der Waals surface area contributed by atoms with Crippen LogP contribution in [0.3, 0.4) is 0 Å². The first-order chi connectivity index (χ1) is 13.3. The van der Waals surface area contributed by atoms with E-state index in [1.807, 2.05) is 13.8 Å². The van der Waals surface area contributed by atoms with Crippen LogP contribution in [0.4, 0.5) is 5.69 Å². The predicted molar refractivity (Wildman–Crippen MR) is 107 cm³/mol. The summed E-state index contributed by atoms with van der Waals surface area (Å²) in [7, 11) is -3.74. The van der Waals surface area contributed by atoms with E-state index in [1.165, 1.54) is 27.4 Å². The molecule has 0 radical (unpaired) electrons. The van der Waals surface area contributed by atoms with E-state index in [2.05, 4.69) is 5.32 Å². The second-order valence-corrected chi connectivity index (χ2v) is 8.75. The molecule has 1 saturated heterocycles. The minimum Gasteiger partial charge on any atom is -0.379 e. The smallest absolute Gasteiger partial charge is 0.313 e. The molecule has 0 aliphatic carbocycles. The summed E-state index contributed by atoms with van der Waals surface area (Å²) < 4.78 is 32.1. The number of benzene rings is 1. The number of hydrogen-bond donors (Lipinski definition) is 1. The molecule has 1 heterocycles. The zero-order valence-corrected chi connectivity index (χ0v) is 17.7. The average Bonchev–Trinajstić information content (AvgIpc) is 2.69. The topological polar surface area (TPSA) is 96.0 Å². The molecule has 0 aromatic heterocycles. The van der Waals surface area contributed by atoms with Crippen molar-refractivity contribution >= 4 is 39.1 Å². The van der Waals surface area contributed by atoms with E-state index in [-0.39, 0.29) is 28.7 Å². The van der Waals surface area contributed by atoms with Gasteiger partial charge in [0.15, 0.2) is 0 Å². The summed E-state index contributed by atoms with van der Waals surface area (Å²) in [4.78, 5) is 26.2. The number of anilines is 1. The Morgan fingerprint density at radius 2 is 1.79 bits per heavy atom. The van der Waals surface area contributed by atoms with Crippen LogP contribution < -0.4 is 5.32 Å². The Balaban J connectivity index is 2.21. The van der Waals surface area contributed by atoms with Gasteiger partial charge < -0.3 is 15.0 Å². The molecule has 1 N–H and O–H groups in total. The van der Waals surface area contributed by atoms with Crippen molar-refractivity contribution in [2.45, 2.75) is 31.6 Å². The number of nitrogens with one attached hydrogen (secondary N) is 1. The van der Waals surface area contributed by atoms with Gasteiger partial charge in [-0.2, -0.15) is 4.31 Å². The monoisotopic (exact) mass is 431 g/mol.